The van der Waals surface area contributed by atoms with Gasteiger partial charge in [-0.2, -0.15) is 17.5 Å². The molecule has 6 nitrogen and oxygen atoms in total. The normalized spacial score (nSPS) is 11.5. The summed E-state index contributed by atoms with van der Waals surface area (Å²) in [4.78, 5) is 6.25. The Kier molecular flexibility index (Phi) is 6.63. The van der Waals surface area contributed by atoms with Gasteiger partial charge in [0.1, 0.15) is 17.3 Å². The van der Waals surface area contributed by atoms with Crippen molar-refractivity contribution in [2.45, 2.75) is 25.9 Å². The molecule has 154 valence electrons. The summed E-state index contributed by atoms with van der Waals surface area (Å²) in [5.41, 5.74) is -0.0253. The minimum Gasteiger partial charge on any atom is -0.494 e. The molecule has 0 aliphatic carbocycles. The van der Waals surface area contributed by atoms with Gasteiger partial charge in [-0.15, -0.1) is 10.2 Å². The Balaban J connectivity index is 1.43. The van der Waals surface area contributed by atoms with Gasteiger partial charge >= 0.3 is 6.18 Å². The molecule has 29 heavy (non-hydrogen) atoms. The first-order chi connectivity index (χ1) is 13.8. The number of rotatable bonds is 8. The van der Waals surface area contributed by atoms with E-state index in [1.54, 1.807) is 0 Å². The highest BCUT2D eigenvalue weighted by atomic mass is 32.1. The van der Waals surface area contributed by atoms with Crippen molar-refractivity contribution in [1.82, 2.24) is 19.6 Å². The number of nitrogens with zero attached hydrogens (tertiary/aromatic N) is 5. The lowest BCUT2D eigenvalue weighted by molar-refractivity contribution is -0.137. The van der Waals surface area contributed by atoms with Crippen LogP contribution in [0.25, 0.3) is 10.7 Å². The Bertz CT molecular complexity index is 930. The van der Waals surface area contributed by atoms with Gasteiger partial charge in [-0.25, -0.2) is 4.98 Å². The standard InChI is InChI=1S/C19H20F3N5OS/c1-13-23-18(29-26-13)16-8-9-17(25-24-16)27(2)10-3-4-11-28-15-7-5-6-14(12-15)19(20,21)22/h5-9,12H,3-4,10-11H2,1-2H3. The third-order valence-electron chi connectivity index (χ3n) is 4.11. The summed E-state index contributed by atoms with van der Waals surface area (Å²) < 4.78 is 47.7. The number of anilines is 1. The van der Waals surface area contributed by atoms with Crippen LogP contribution in [0.3, 0.4) is 0 Å². The van der Waals surface area contributed by atoms with Gasteiger partial charge in [0.15, 0.2) is 10.8 Å². The number of benzene rings is 1. The summed E-state index contributed by atoms with van der Waals surface area (Å²) in [6.07, 6.45) is -2.86. The maximum atomic E-state index is 12.7. The molecule has 3 rings (SSSR count). The van der Waals surface area contributed by atoms with Gasteiger partial charge in [0.05, 0.1) is 12.2 Å². The zero-order valence-corrected chi connectivity index (χ0v) is 16.8. The second-order valence-corrected chi connectivity index (χ2v) is 7.18. The quantitative estimate of drug-likeness (QED) is 0.493. The molecule has 0 bridgehead atoms. The monoisotopic (exact) mass is 423 g/mol. The largest absolute Gasteiger partial charge is 0.494 e. The molecular weight excluding hydrogens is 403 g/mol. The van der Waals surface area contributed by atoms with E-state index in [0.717, 1.165) is 35.9 Å². The van der Waals surface area contributed by atoms with E-state index in [4.69, 9.17) is 4.74 Å². The fraction of sp³-hybridized carbons (Fsp3) is 0.368. The Hall–Kier alpha value is -2.75. The minimum absolute atomic E-state index is 0.224. The number of hydrogen-bond donors (Lipinski definition) is 0. The molecule has 10 heteroatoms. The Labute approximate surface area is 170 Å². The molecule has 0 N–H and O–H groups in total. The zero-order valence-electron chi connectivity index (χ0n) is 16.0. The molecule has 0 radical (unpaired) electrons. The van der Waals surface area contributed by atoms with E-state index in [0.29, 0.717) is 24.5 Å². The molecule has 0 saturated carbocycles. The lowest BCUT2D eigenvalue weighted by Gasteiger charge is -2.17. The van der Waals surface area contributed by atoms with Crippen LogP contribution in [0.4, 0.5) is 19.0 Å². The first-order valence-electron chi connectivity index (χ1n) is 8.98. The lowest BCUT2D eigenvalue weighted by atomic mass is 10.2. The van der Waals surface area contributed by atoms with E-state index in [9.17, 15) is 13.2 Å². The summed E-state index contributed by atoms with van der Waals surface area (Å²) in [5.74, 6) is 1.66. The first kappa shape index (κ1) is 21.0. The molecule has 0 fully saturated rings. The van der Waals surface area contributed by atoms with Crippen LogP contribution in [0.15, 0.2) is 36.4 Å². The van der Waals surface area contributed by atoms with E-state index in [-0.39, 0.29) is 5.75 Å². The predicted octanol–water partition coefficient (Wildman–Crippen LogP) is 4.62. The van der Waals surface area contributed by atoms with Crippen molar-refractivity contribution in [2.24, 2.45) is 0 Å². The molecule has 0 spiro atoms. The van der Waals surface area contributed by atoms with Crippen LogP contribution >= 0.6 is 11.5 Å². The number of aromatic nitrogens is 4. The molecule has 3 aromatic rings. The van der Waals surface area contributed by atoms with Crippen LogP contribution in [0.1, 0.15) is 24.2 Å². The van der Waals surface area contributed by atoms with Crippen molar-refractivity contribution < 1.29 is 17.9 Å². The van der Waals surface area contributed by atoms with Crippen LogP contribution in [0.5, 0.6) is 5.75 Å². The highest BCUT2D eigenvalue weighted by Crippen LogP contribution is 2.31. The molecule has 0 aliphatic rings. The number of aryl methyl sites for hydroxylation is 1. The van der Waals surface area contributed by atoms with Crippen LogP contribution in [-0.2, 0) is 6.18 Å². The molecule has 2 heterocycles. The highest BCUT2D eigenvalue weighted by molar-refractivity contribution is 7.09. The molecule has 0 saturated heterocycles. The average molecular weight is 423 g/mol. The summed E-state index contributed by atoms with van der Waals surface area (Å²) in [5, 5.41) is 9.15. The average Bonchev–Trinajstić information content (AvgIpc) is 3.13. The van der Waals surface area contributed by atoms with Gasteiger partial charge < -0.3 is 9.64 Å². The van der Waals surface area contributed by atoms with Crippen LogP contribution in [0.2, 0.25) is 0 Å². The topological polar surface area (TPSA) is 64.0 Å². The first-order valence-corrected chi connectivity index (χ1v) is 9.76. The van der Waals surface area contributed by atoms with Crippen molar-refractivity contribution in [3.63, 3.8) is 0 Å². The summed E-state index contributed by atoms with van der Waals surface area (Å²) in [7, 11) is 1.91. The van der Waals surface area contributed by atoms with Gasteiger partial charge in [-0.05, 0) is 61.6 Å². The third kappa shape index (κ3) is 5.86. The Morgan fingerprint density at radius 2 is 1.93 bits per heavy atom. The van der Waals surface area contributed by atoms with Crippen molar-refractivity contribution in [3.8, 4) is 16.5 Å². The molecule has 2 aromatic heterocycles. The summed E-state index contributed by atoms with van der Waals surface area (Å²) in [6.45, 7) is 2.89. The van der Waals surface area contributed by atoms with Crippen LogP contribution < -0.4 is 9.64 Å². The van der Waals surface area contributed by atoms with Gasteiger partial charge in [-0.3, -0.25) is 0 Å². The van der Waals surface area contributed by atoms with Crippen molar-refractivity contribution in [2.75, 3.05) is 25.1 Å². The number of halogens is 3. The Morgan fingerprint density at radius 3 is 2.59 bits per heavy atom. The molecular formula is C19H20F3N5OS. The molecule has 0 aliphatic heterocycles. The zero-order chi connectivity index (χ0) is 20.9. The Morgan fingerprint density at radius 1 is 1.10 bits per heavy atom. The van der Waals surface area contributed by atoms with Crippen molar-refractivity contribution >= 4 is 17.4 Å². The van der Waals surface area contributed by atoms with E-state index in [1.165, 1.54) is 23.7 Å². The molecule has 1 aromatic carbocycles. The van der Waals surface area contributed by atoms with Crippen LogP contribution in [0, 0.1) is 6.92 Å². The predicted molar refractivity (Wildman–Crippen MR) is 105 cm³/mol. The van der Waals surface area contributed by atoms with E-state index >= 15 is 0 Å². The fourth-order valence-electron chi connectivity index (χ4n) is 2.56. The van der Waals surface area contributed by atoms with Gasteiger partial charge in [0.2, 0.25) is 0 Å². The summed E-state index contributed by atoms with van der Waals surface area (Å²) >= 11 is 1.28. The van der Waals surface area contributed by atoms with Gasteiger partial charge in [0, 0.05) is 13.6 Å². The second kappa shape index (κ2) is 9.17. The molecule has 0 atom stereocenters. The number of unbranched alkanes of at least 4 members (excludes halogenated alkanes) is 1. The second-order valence-electron chi connectivity index (χ2n) is 6.43. The maximum Gasteiger partial charge on any atom is 0.416 e. The molecule has 0 amide bonds. The van der Waals surface area contributed by atoms with Crippen molar-refractivity contribution in [3.05, 3.63) is 47.8 Å². The summed E-state index contributed by atoms with van der Waals surface area (Å²) in [6, 6.07) is 8.64. The number of hydrogen-bond acceptors (Lipinski definition) is 7. The van der Waals surface area contributed by atoms with Crippen LogP contribution in [-0.4, -0.2) is 39.8 Å². The van der Waals surface area contributed by atoms with E-state index < -0.39 is 11.7 Å². The highest BCUT2D eigenvalue weighted by Gasteiger charge is 2.30. The number of alkyl halides is 3. The number of ether oxygens (including phenoxy) is 1. The van der Waals surface area contributed by atoms with E-state index in [1.807, 2.05) is 31.0 Å². The van der Waals surface area contributed by atoms with Gasteiger partial charge in [-0.1, -0.05) is 6.07 Å². The van der Waals surface area contributed by atoms with Gasteiger partial charge in [0.25, 0.3) is 0 Å². The maximum absolute atomic E-state index is 12.7. The minimum atomic E-state index is -4.37. The molecule has 0 unspecified atom stereocenters. The lowest BCUT2D eigenvalue weighted by Crippen LogP contribution is -2.20. The van der Waals surface area contributed by atoms with E-state index in [2.05, 4.69) is 19.6 Å². The van der Waals surface area contributed by atoms with Crippen molar-refractivity contribution in [1.29, 1.82) is 0 Å². The third-order valence-corrected chi connectivity index (χ3v) is 4.94. The SMILES string of the molecule is Cc1nsc(-c2ccc(N(C)CCCCOc3cccc(C(F)(F)F)c3)nn2)n1. The fourth-order valence-corrected chi connectivity index (χ4v) is 3.20. The smallest absolute Gasteiger partial charge is 0.416 e.